The van der Waals surface area contributed by atoms with Crippen LogP contribution in [0.15, 0.2) is 212 Å². The molecule has 103 heavy (non-hydrogen) atoms. The van der Waals surface area contributed by atoms with Gasteiger partial charge in [-0.2, -0.15) is 0 Å². The zero-order valence-corrected chi connectivity index (χ0v) is 64.6. The average molecular weight is 1390 g/mol. The van der Waals surface area contributed by atoms with Crippen LogP contribution in [0.5, 0.6) is 0 Å². The van der Waals surface area contributed by atoms with Crippen molar-refractivity contribution in [2.75, 3.05) is 0 Å². The Labute approximate surface area is 613 Å². The Bertz CT molecular complexity index is 4570. The molecule has 10 aromatic rings. The molecule has 10 aromatic carbocycles. The molecule has 0 saturated heterocycles. The van der Waals surface area contributed by atoms with E-state index in [0.717, 1.165) is 83.7 Å². The van der Waals surface area contributed by atoms with E-state index in [4.69, 9.17) is 23.7 Å². The molecule has 0 radical (unpaired) electrons. The lowest BCUT2D eigenvalue weighted by molar-refractivity contribution is -0.169. The number of carbonyl (C=O) groups is 5. The number of esters is 5. The first-order valence-electron chi connectivity index (χ1n) is 36.8. The maximum Gasteiger partial charge on any atom is 0.312 e. The summed E-state index contributed by atoms with van der Waals surface area (Å²) >= 11 is 0. The van der Waals surface area contributed by atoms with Gasteiger partial charge in [0.2, 0.25) is 0 Å². The Balaban J connectivity index is 0.000000163. The van der Waals surface area contributed by atoms with Crippen LogP contribution in [0, 0.1) is 27.1 Å². The third-order valence-corrected chi connectivity index (χ3v) is 21.5. The Kier molecular flexibility index (Phi) is 25.7. The quantitative estimate of drug-likeness (QED) is 0.0604. The van der Waals surface area contributed by atoms with E-state index in [1.165, 1.54) is 54.4 Å². The molecule has 10 nitrogen and oxygen atoms in total. The number of hydrogen-bond donors (Lipinski definition) is 0. The highest BCUT2D eigenvalue weighted by atomic mass is 16.6. The third-order valence-electron chi connectivity index (χ3n) is 21.5. The van der Waals surface area contributed by atoms with Gasteiger partial charge in [-0.15, -0.1) is 0 Å². The average Bonchev–Trinajstić information content (AvgIpc) is 1.43. The van der Waals surface area contributed by atoms with Gasteiger partial charge in [0.1, 0.15) is 24.4 Å². The fraction of sp³-hybridized carbons (Fsp3) is 0.387. The van der Waals surface area contributed by atoms with E-state index in [-0.39, 0.29) is 42.1 Å². The molecule has 0 fully saturated rings. The van der Waals surface area contributed by atoms with Gasteiger partial charge in [-0.1, -0.05) is 229 Å². The molecule has 0 aromatic heterocycles. The Morgan fingerprint density at radius 1 is 0.417 bits per heavy atom. The number of rotatable bonds is 18. The van der Waals surface area contributed by atoms with Crippen molar-refractivity contribution in [1.82, 2.24) is 0 Å². The van der Waals surface area contributed by atoms with Gasteiger partial charge in [-0.3, -0.25) is 24.0 Å². The smallest absolute Gasteiger partial charge is 0.312 e. The van der Waals surface area contributed by atoms with Crippen molar-refractivity contribution in [3.8, 4) is 0 Å². The van der Waals surface area contributed by atoms with Crippen LogP contribution in [0.25, 0.3) is 43.1 Å². The highest BCUT2D eigenvalue weighted by molar-refractivity contribution is 5.92. The van der Waals surface area contributed by atoms with E-state index in [1.54, 1.807) is 0 Å². The fourth-order valence-corrected chi connectivity index (χ4v) is 11.9. The van der Waals surface area contributed by atoms with Crippen LogP contribution < -0.4 is 0 Å². The van der Waals surface area contributed by atoms with Crippen LogP contribution in [0.4, 0.5) is 0 Å². The monoisotopic (exact) mass is 1390 g/mol. The minimum atomic E-state index is -0.727. The van der Waals surface area contributed by atoms with Crippen molar-refractivity contribution in [2.24, 2.45) is 27.1 Å². The van der Waals surface area contributed by atoms with Gasteiger partial charge in [0.05, 0.1) is 27.1 Å². The third kappa shape index (κ3) is 19.3. The second-order valence-electron chi connectivity index (χ2n) is 31.4. The van der Waals surface area contributed by atoms with E-state index < -0.39 is 38.3 Å². The summed E-state index contributed by atoms with van der Waals surface area (Å²) in [5.74, 6) is -0.671. The second kappa shape index (κ2) is 33.4. The summed E-state index contributed by atoms with van der Waals surface area (Å²) in [7, 11) is 0. The van der Waals surface area contributed by atoms with E-state index in [0.29, 0.717) is 6.61 Å². The fourth-order valence-electron chi connectivity index (χ4n) is 11.9. The number of hydrogen-bond acceptors (Lipinski definition) is 10. The zero-order chi connectivity index (χ0) is 75.3. The molecule has 2 aliphatic carbocycles. The van der Waals surface area contributed by atoms with Crippen molar-refractivity contribution in [3.63, 3.8) is 0 Å². The Hall–Kier alpha value is -9.41. The molecule has 2 aliphatic rings. The number of carbonyl (C=O) groups excluding carboxylic acids is 5. The van der Waals surface area contributed by atoms with Gasteiger partial charge in [0, 0.05) is 23.1 Å². The van der Waals surface area contributed by atoms with E-state index in [1.807, 2.05) is 216 Å². The molecule has 0 heterocycles. The van der Waals surface area contributed by atoms with Gasteiger partial charge in [-0.05, 0) is 230 Å². The minimum absolute atomic E-state index is 0.102. The molecule has 0 bridgehead atoms. The molecular formula is C93H110O10. The van der Waals surface area contributed by atoms with Crippen LogP contribution in [0.2, 0.25) is 0 Å². The first kappa shape index (κ1) is 79.3. The van der Waals surface area contributed by atoms with Crippen molar-refractivity contribution < 1.29 is 47.7 Å². The molecule has 0 saturated carbocycles. The molecule has 2 atom stereocenters. The summed E-state index contributed by atoms with van der Waals surface area (Å²) in [6.45, 7) is 37.5. The normalized spacial score (nSPS) is 14.1. The standard InChI is InChI=1S/C21H24O2.C19H24O2.C18H20O2.C18H22O2.C17H20O2/c1-5-20(2,3)19(22)23-21(4)17-12-8-6-10-15(17)14-16-11-7-9-13-18(16)21;1-6-18(2,3)17(20)21-19(4,5)16-12-11-14-9-7-8-10-15(14)13-16;1-4-18(2,3)17(19)20-15-11-13-9-5-7-12-8-6-10-14(15)16(12)13;1-5-18(3,4)17(19)20-13(2)15-11-10-14-8-6-7-9-16(14)12-15;1-4-17(2,3)16(18)19-12-13-9-10-14-7-5-6-8-15(14)11-13/h6-13H,5,14H2,1-4H3;7-13H,6H2,1-5H3;5-10,15H,4,11H2,1-3H3;6-13H,5H2,1-4H3;5-11H,4,12H2,1-3H3. The van der Waals surface area contributed by atoms with E-state index >= 15 is 0 Å². The minimum Gasteiger partial charge on any atom is -0.460 e. The number of ether oxygens (including phenoxy) is 5. The summed E-state index contributed by atoms with van der Waals surface area (Å²) in [5.41, 5.74) is 6.63. The van der Waals surface area contributed by atoms with Gasteiger partial charge in [-0.25, -0.2) is 0 Å². The van der Waals surface area contributed by atoms with Crippen molar-refractivity contribution >= 4 is 72.9 Å². The predicted octanol–water partition coefficient (Wildman–Crippen LogP) is 23.5. The van der Waals surface area contributed by atoms with Crippen LogP contribution in [-0.2, 0) is 78.3 Å². The van der Waals surface area contributed by atoms with Gasteiger partial charge >= 0.3 is 29.8 Å². The lowest BCUT2D eigenvalue weighted by atomic mass is 9.75. The largest absolute Gasteiger partial charge is 0.460 e. The lowest BCUT2D eigenvalue weighted by Gasteiger charge is -2.39. The summed E-state index contributed by atoms with van der Waals surface area (Å²) in [6, 6.07) is 72.2. The molecule has 0 aliphatic heterocycles. The second-order valence-corrected chi connectivity index (χ2v) is 31.4. The lowest BCUT2D eigenvalue weighted by Crippen LogP contribution is -2.39. The molecule has 542 valence electrons. The topological polar surface area (TPSA) is 132 Å². The number of benzene rings is 10. The molecule has 2 unspecified atom stereocenters. The van der Waals surface area contributed by atoms with Crippen molar-refractivity contribution in [1.29, 1.82) is 0 Å². The maximum absolute atomic E-state index is 12.8. The highest BCUT2D eigenvalue weighted by Crippen LogP contribution is 2.45. The molecule has 0 N–H and O–H groups in total. The summed E-state index contributed by atoms with van der Waals surface area (Å²) in [4.78, 5) is 61.4. The summed E-state index contributed by atoms with van der Waals surface area (Å²) < 4.78 is 28.7. The molecule has 12 rings (SSSR count). The van der Waals surface area contributed by atoms with Gasteiger partial charge < -0.3 is 23.7 Å². The first-order chi connectivity index (χ1) is 48.6. The van der Waals surface area contributed by atoms with Gasteiger partial charge in [0.15, 0.2) is 5.60 Å². The zero-order valence-electron chi connectivity index (χ0n) is 64.6. The summed E-state index contributed by atoms with van der Waals surface area (Å²) in [6.07, 6.45) is 5.19. The van der Waals surface area contributed by atoms with Crippen molar-refractivity contribution in [2.45, 2.75) is 207 Å². The van der Waals surface area contributed by atoms with Crippen molar-refractivity contribution in [3.05, 3.63) is 262 Å². The summed E-state index contributed by atoms with van der Waals surface area (Å²) in [5, 5.41) is 9.59. The molecule has 10 heteroatoms. The van der Waals surface area contributed by atoms with E-state index in [2.05, 4.69) is 127 Å². The molecular weight excluding hydrogens is 1280 g/mol. The van der Waals surface area contributed by atoms with Gasteiger partial charge in [0.25, 0.3) is 0 Å². The first-order valence-corrected chi connectivity index (χ1v) is 36.8. The Morgan fingerprint density at radius 3 is 1.38 bits per heavy atom. The molecule has 0 amide bonds. The highest BCUT2D eigenvalue weighted by Gasteiger charge is 2.43. The number of fused-ring (bicyclic) bond motifs is 5. The van der Waals surface area contributed by atoms with Crippen LogP contribution in [0.1, 0.15) is 226 Å². The SMILES string of the molecule is CCC(C)(C)C(=O)OC(C)(C)c1ccc2ccccc2c1.CCC(C)(C)C(=O)OC(C)c1ccc2ccccc2c1.CCC(C)(C)C(=O)OC1(C)c2ccccc2Cc2ccccc21.CCC(C)(C)C(=O)OC1Cc2cccc3cccc1c23.CCC(C)(C)C(=O)OCc1ccc2ccccc2c1. The predicted molar refractivity (Wildman–Crippen MR) is 420 cm³/mol. The van der Waals surface area contributed by atoms with E-state index in [9.17, 15) is 24.0 Å². The van der Waals surface area contributed by atoms with Crippen LogP contribution in [-0.4, -0.2) is 29.8 Å². The Morgan fingerprint density at radius 2 is 0.835 bits per heavy atom. The molecule has 0 spiro atoms. The van der Waals surface area contributed by atoms with Crippen LogP contribution in [0.3, 0.4) is 0 Å². The van der Waals surface area contributed by atoms with Crippen LogP contribution >= 0.6 is 0 Å². The maximum atomic E-state index is 12.8.